The van der Waals surface area contributed by atoms with Gasteiger partial charge in [-0.2, -0.15) is 10.4 Å². The smallest absolute Gasteiger partial charge is 0.261 e. The van der Waals surface area contributed by atoms with Gasteiger partial charge in [0.15, 0.2) is 24.0 Å². The maximum absolute atomic E-state index is 12.3. The van der Waals surface area contributed by atoms with E-state index in [9.17, 15) is 14.9 Å². The van der Waals surface area contributed by atoms with E-state index in [2.05, 4.69) is 10.5 Å². The molecule has 1 atom stereocenters. The van der Waals surface area contributed by atoms with Crippen molar-refractivity contribution >= 4 is 18.0 Å². The number of nitrogens with one attached hydrogen (secondary N) is 1. The minimum Gasteiger partial charge on any atom is -0.493 e. The largest absolute Gasteiger partial charge is 0.493 e. The molecule has 0 unspecified atom stereocenters. The number of carbonyl (C=O) groups excluding carboxylic acids is 2. The molecule has 0 spiro atoms. The zero-order valence-electron chi connectivity index (χ0n) is 17.9. The van der Waals surface area contributed by atoms with Crippen molar-refractivity contribution in [3.05, 3.63) is 59.7 Å². The number of hydrogen-bond donors (Lipinski definition) is 1. The van der Waals surface area contributed by atoms with Crippen LogP contribution in [-0.2, 0) is 9.59 Å². The summed E-state index contributed by atoms with van der Waals surface area (Å²) in [6.07, 6.45) is 1.44. The highest BCUT2D eigenvalue weighted by Crippen LogP contribution is 2.27. The van der Waals surface area contributed by atoms with Crippen LogP contribution in [-0.4, -0.2) is 49.7 Å². The number of hydrogen-bond acceptors (Lipinski definition) is 6. The topological polar surface area (TPSA) is 104 Å². The lowest BCUT2D eigenvalue weighted by Gasteiger charge is -2.19. The van der Waals surface area contributed by atoms with Gasteiger partial charge in [-0.1, -0.05) is 30.3 Å². The molecule has 0 saturated carbocycles. The van der Waals surface area contributed by atoms with Gasteiger partial charge in [0.25, 0.3) is 11.8 Å². The Morgan fingerprint density at radius 3 is 2.48 bits per heavy atom. The van der Waals surface area contributed by atoms with Crippen molar-refractivity contribution in [3.63, 3.8) is 0 Å². The van der Waals surface area contributed by atoms with Gasteiger partial charge < -0.3 is 14.4 Å². The van der Waals surface area contributed by atoms with E-state index in [4.69, 9.17) is 9.47 Å². The Morgan fingerprint density at radius 1 is 1.16 bits per heavy atom. The van der Waals surface area contributed by atoms with E-state index in [0.29, 0.717) is 35.7 Å². The second kappa shape index (κ2) is 12.0. The van der Waals surface area contributed by atoms with E-state index in [1.807, 2.05) is 26.0 Å². The van der Waals surface area contributed by atoms with Crippen LogP contribution in [0.2, 0.25) is 0 Å². The number of likely N-dealkylation sites (N-methyl/N-ethyl adjacent to an activating group) is 1. The summed E-state index contributed by atoms with van der Waals surface area (Å²) >= 11 is 0. The predicted octanol–water partition coefficient (Wildman–Crippen LogP) is 2.70. The molecule has 0 fully saturated rings. The molecule has 0 aliphatic rings. The molecule has 8 heteroatoms. The summed E-state index contributed by atoms with van der Waals surface area (Å²) in [7, 11) is 1.49. The number of amides is 2. The quantitative estimate of drug-likeness (QED) is 0.468. The van der Waals surface area contributed by atoms with E-state index >= 15 is 0 Å². The Balaban J connectivity index is 2.01. The van der Waals surface area contributed by atoms with Crippen LogP contribution in [0, 0.1) is 11.3 Å². The van der Waals surface area contributed by atoms with Crippen LogP contribution in [0.25, 0.3) is 0 Å². The maximum Gasteiger partial charge on any atom is 0.261 e. The van der Waals surface area contributed by atoms with Gasteiger partial charge >= 0.3 is 0 Å². The number of carbonyl (C=O) groups is 2. The molecule has 2 amide bonds. The number of hydrazone groups is 1. The SMILES string of the molecule is CCN(CC)C(=O)COc1ccc(/C=N\NC(=O)[C@H](C#N)c2ccccc2)cc1OC. The summed E-state index contributed by atoms with van der Waals surface area (Å²) in [6, 6.07) is 15.8. The van der Waals surface area contributed by atoms with Crippen LogP contribution in [0.4, 0.5) is 0 Å². The first-order chi connectivity index (χ1) is 15.0. The first-order valence-electron chi connectivity index (χ1n) is 9.90. The minimum atomic E-state index is -0.952. The summed E-state index contributed by atoms with van der Waals surface area (Å²) in [5.41, 5.74) is 3.63. The summed E-state index contributed by atoms with van der Waals surface area (Å²) in [5, 5.41) is 13.2. The molecular formula is C23H26N4O4. The van der Waals surface area contributed by atoms with Crippen LogP contribution < -0.4 is 14.9 Å². The fourth-order valence-corrected chi connectivity index (χ4v) is 2.86. The van der Waals surface area contributed by atoms with Crippen LogP contribution in [0.1, 0.15) is 30.9 Å². The summed E-state index contributed by atoms with van der Waals surface area (Å²) in [4.78, 5) is 26.1. The van der Waals surface area contributed by atoms with Gasteiger partial charge in [-0.3, -0.25) is 9.59 Å². The predicted molar refractivity (Wildman–Crippen MR) is 117 cm³/mol. The molecular weight excluding hydrogens is 396 g/mol. The van der Waals surface area contributed by atoms with Crippen molar-refractivity contribution in [2.24, 2.45) is 5.10 Å². The van der Waals surface area contributed by atoms with E-state index < -0.39 is 11.8 Å². The van der Waals surface area contributed by atoms with Crippen LogP contribution in [0.5, 0.6) is 11.5 Å². The molecule has 0 aliphatic heterocycles. The molecule has 2 aromatic carbocycles. The number of ether oxygens (including phenoxy) is 2. The molecule has 0 aliphatic carbocycles. The standard InChI is InChI=1S/C23H26N4O4/c1-4-27(5-2)22(28)16-31-20-12-11-17(13-21(20)30-3)15-25-26-23(29)19(14-24)18-9-7-6-8-10-18/h6-13,15,19H,4-5,16H2,1-3H3,(H,26,29)/b25-15-/t19-/m1/s1. The molecule has 0 heterocycles. The van der Waals surface area contributed by atoms with Crippen LogP contribution in [0.15, 0.2) is 53.6 Å². The highest BCUT2D eigenvalue weighted by Gasteiger charge is 2.19. The third-order valence-corrected chi connectivity index (χ3v) is 4.57. The average molecular weight is 422 g/mol. The molecule has 8 nitrogen and oxygen atoms in total. The van der Waals surface area contributed by atoms with Crippen molar-refractivity contribution in [1.29, 1.82) is 5.26 Å². The fourth-order valence-electron chi connectivity index (χ4n) is 2.86. The number of nitriles is 1. The van der Waals surface area contributed by atoms with Crippen LogP contribution >= 0.6 is 0 Å². The van der Waals surface area contributed by atoms with Gasteiger partial charge in [0.1, 0.15) is 0 Å². The molecule has 0 aromatic heterocycles. The number of methoxy groups -OCH3 is 1. The van der Waals surface area contributed by atoms with E-state index in [1.165, 1.54) is 13.3 Å². The third-order valence-electron chi connectivity index (χ3n) is 4.57. The molecule has 2 rings (SSSR count). The summed E-state index contributed by atoms with van der Waals surface area (Å²) in [6.45, 7) is 4.97. The molecule has 1 N–H and O–H groups in total. The van der Waals surface area contributed by atoms with Crippen molar-refractivity contribution in [2.75, 3.05) is 26.8 Å². The van der Waals surface area contributed by atoms with Gasteiger partial charge in [0, 0.05) is 13.1 Å². The monoisotopic (exact) mass is 422 g/mol. The van der Waals surface area contributed by atoms with Crippen LogP contribution in [0.3, 0.4) is 0 Å². The number of benzene rings is 2. The summed E-state index contributed by atoms with van der Waals surface area (Å²) < 4.78 is 10.9. The Labute approximate surface area is 182 Å². The Kier molecular flexibility index (Phi) is 9.05. The minimum absolute atomic E-state index is 0.0867. The zero-order valence-corrected chi connectivity index (χ0v) is 17.9. The maximum atomic E-state index is 12.3. The Hall–Kier alpha value is -3.86. The lowest BCUT2D eigenvalue weighted by atomic mass is 10.0. The fraction of sp³-hybridized carbons (Fsp3) is 0.304. The van der Waals surface area contributed by atoms with Gasteiger partial charge in [-0.25, -0.2) is 5.43 Å². The summed E-state index contributed by atoms with van der Waals surface area (Å²) in [5.74, 6) is -0.718. The second-order valence-corrected chi connectivity index (χ2v) is 6.47. The molecule has 31 heavy (non-hydrogen) atoms. The molecule has 0 radical (unpaired) electrons. The van der Waals surface area contributed by atoms with Gasteiger partial charge in [0.2, 0.25) is 0 Å². The van der Waals surface area contributed by atoms with Crippen molar-refractivity contribution in [1.82, 2.24) is 10.3 Å². The Bertz CT molecular complexity index is 950. The highest BCUT2D eigenvalue weighted by atomic mass is 16.5. The number of rotatable bonds is 10. The van der Waals surface area contributed by atoms with Crippen molar-refractivity contribution < 1.29 is 19.1 Å². The molecule has 2 aromatic rings. The van der Waals surface area contributed by atoms with Gasteiger partial charge in [0.05, 0.1) is 19.4 Å². The van der Waals surface area contributed by atoms with E-state index in [0.717, 1.165) is 0 Å². The second-order valence-electron chi connectivity index (χ2n) is 6.47. The third kappa shape index (κ3) is 6.57. The van der Waals surface area contributed by atoms with Crippen molar-refractivity contribution in [2.45, 2.75) is 19.8 Å². The molecule has 0 bridgehead atoms. The highest BCUT2D eigenvalue weighted by molar-refractivity contribution is 5.88. The lowest BCUT2D eigenvalue weighted by Crippen LogP contribution is -2.34. The molecule has 162 valence electrons. The van der Waals surface area contributed by atoms with E-state index in [-0.39, 0.29) is 12.5 Å². The van der Waals surface area contributed by atoms with Gasteiger partial charge in [-0.05, 0) is 43.2 Å². The average Bonchev–Trinajstić information content (AvgIpc) is 2.80. The van der Waals surface area contributed by atoms with Gasteiger partial charge in [-0.15, -0.1) is 0 Å². The Morgan fingerprint density at radius 2 is 1.87 bits per heavy atom. The first kappa shape index (κ1) is 23.4. The molecule has 0 saturated heterocycles. The zero-order chi connectivity index (χ0) is 22.6. The number of nitrogens with zero attached hydrogens (tertiary/aromatic N) is 3. The van der Waals surface area contributed by atoms with E-state index in [1.54, 1.807) is 47.4 Å². The first-order valence-corrected chi connectivity index (χ1v) is 9.90. The lowest BCUT2D eigenvalue weighted by molar-refractivity contribution is -0.133. The van der Waals surface area contributed by atoms with Crippen molar-refractivity contribution in [3.8, 4) is 17.6 Å². The normalized spacial score (nSPS) is 11.4.